The monoisotopic (exact) mass is 405 g/mol. The molecule has 3 N–H and O–H groups in total. The second-order valence-corrected chi connectivity index (χ2v) is 8.06. The van der Waals surface area contributed by atoms with Crippen LogP contribution in [-0.4, -0.2) is 24.4 Å². The van der Waals surface area contributed by atoms with E-state index in [1.165, 1.54) is 0 Å². The van der Waals surface area contributed by atoms with Gasteiger partial charge in [0.25, 0.3) is 5.91 Å². The van der Waals surface area contributed by atoms with E-state index in [1.54, 1.807) is 29.5 Å². The van der Waals surface area contributed by atoms with E-state index < -0.39 is 0 Å². The molecule has 1 atom stereocenters. The van der Waals surface area contributed by atoms with Gasteiger partial charge in [-0.05, 0) is 42.0 Å². The first-order chi connectivity index (χ1) is 14.2. The highest BCUT2D eigenvalue weighted by Crippen LogP contribution is 2.26. The number of amides is 2. The van der Waals surface area contributed by atoms with E-state index in [-0.39, 0.29) is 30.4 Å². The molecular formula is C23H23N3O2S. The first kappa shape index (κ1) is 19.4. The smallest absolute Gasteiger partial charge is 0.253 e. The summed E-state index contributed by atoms with van der Waals surface area (Å²) < 4.78 is 0. The highest BCUT2D eigenvalue weighted by Gasteiger charge is 2.25. The molecule has 1 saturated carbocycles. The van der Waals surface area contributed by atoms with Crippen molar-refractivity contribution in [3.8, 4) is 0 Å². The normalized spacial score (nSPS) is 14.2. The van der Waals surface area contributed by atoms with Gasteiger partial charge in [-0.3, -0.25) is 14.9 Å². The van der Waals surface area contributed by atoms with Crippen molar-refractivity contribution in [2.45, 2.75) is 24.9 Å². The summed E-state index contributed by atoms with van der Waals surface area (Å²) in [4.78, 5) is 26.2. The van der Waals surface area contributed by atoms with Gasteiger partial charge in [-0.1, -0.05) is 48.5 Å². The summed E-state index contributed by atoms with van der Waals surface area (Å²) in [5, 5.41) is 11.2. The molecule has 5 nitrogen and oxygen atoms in total. The number of benzene rings is 2. The highest BCUT2D eigenvalue weighted by molar-refractivity contribution is 7.10. The first-order valence-electron chi connectivity index (χ1n) is 9.72. The zero-order valence-electron chi connectivity index (χ0n) is 15.9. The molecule has 1 aliphatic carbocycles. The van der Waals surface area contributed by atoms with Crippen LogP contribution in [0.5, 0.6) is 0 Å². The molecule has 1 heterocycles. The zero-order valence-corrected chi connectivity index (χ0v) is 16.7. The lowest BCUT2D eigenvalue weighted by molar-refractivity contribution is -0.115. The average molecular weight is 406 g/mol. The molecule has 3 aromatic rings. The molecule has 1 aromatic heterocycles. The van der Waals surface area contributed by atoms with Crippen molar-refractivity contribution in [2.24, 2.45) is 0 Å². The lowest BCUT2D eigenvalue weighted by atomic mass is 10.1. The molecule has 1 fully saturated rings. The molecule has 1 unspecified atom stereocenters. The molecule has 0 spiro atoms. The van der Waals surface area contributed by atoms with Crippen LogP contribution in [0.4, 0.5) is 5.69 Å². The summed E-state index contributed by atoms with van der Waals surface area (Å²) in [5.41, 5.74) is 2.13. The van der Waals surface area contributed by atoms with Crippen molar-refractivity contribution in [1.29, 1.82) is 0 Å². The number of carbonyl (C=O) groups excluding carboxylic acids is 2. The molecule has 0 aliphatic heterocycles. The lowest BCUT2D eigenvalue weighted by Crippen LogP contribution is -2.32. The summed E-state index contributed by atoms with van der Waals surface area (Å²) in [6.07, 6.45) is 2.04. The van der Waals surface area contributed by atoms with Crippen LogP contribution in [0.25, 0.3) is 0 Å². The maximum atomic E-state index is 12.6. The largest absolute Gasteiger partial charge is 0.349 e. The molecule has 2 aromatic carbocycles. The molecule has 1 aliphatic rings. The first-order valence-corrected chi connectivity index (χ1v) is 10.6. The molecule has 148 valence electrons. The zero-order chi connectivity index (χ0) is 20.1. The molecule has 0 saturated heterocycles. The van der Waals surface area contributed by atoms with E-state index >= 15 is 0 Å². The predicted octanol–water partition coefficient (Wildman–Crippen LogP) is 3.96. The minimum absolute atomic E-state index is 0.0599. The molecule has 4 rings (SSSR count). The number of rotatable bonds is 8. The summed E-state index contributed by atoms with van der Waals surface area (Å²) in [5.74, 6) is -0.328. The van der Waals surface area contributed by atoms with Crippen LogP contribution in [0, 0.1) is 0 Å². The maximum absolute atomic E-state index is 12.6. The highest BCUT2D eigenvalue weighted by atomic mass is 32.1. The molecule has 29 heavy (non-hydrogen) atoms. The summed E-state index contributed by atoms with van der Waals surface area (Å²) in [6.45, 7) is 0.135. The van der Waals surface area contributed by atoms with Crippen molar-refractivity contribution in [3.05, 3.63) is 88.1 Å². The number of hydrogen-bond donors (Lipinski definition) is 3. The number of para-hydroxylation sites is 1. The van der Waals surface area contributed by atoms with Crippen molar-refractivity contribution in [3.63, 3.8) is 0 Å². The Morgan fingerprint density at radius 1 is 0.966 bits per heavy atom. The molecule has 0 bridgehead atoms. The van der Waals surface area contributed by atoms with Crippen molar-refractivity contribution < 1.29 is 9.59 Å². The number of nitrogens with one attached hydrogen (secondary N) is 3. The molecule has 2 amide bonds. The van der Waals surface area contributed by atoms with Crippen LogP contribution in [0.2, 0.25) is 0 Å². The van der Waals surface area contributed by atoms with E-state index in [1.807, 2.05) is 47.8 Å². The fourth-order valence-electron chi connectivity index (χ4n) is 3.15. The van der Waals surface area contributed by atoms with Crippen molar-refractivity contribution in [2.75, 3.05) is 11.9 Å². The van der Waals surface area contributed by atoms with Crippen LogP contribution >= 0.6 is 11.3 Å². The van der Waals surface area contributed by atoms with Gasteiger partial charge in [0.05, 0.1) is 23.8 Å². The van der Waals surface area contributed by atoms with Gasteiger partial charge in [-0.15, -0.1) is 11.3 Å². The standard InChI is InChI=1S/C23H23N3O2S/c27-21(26-19-10-5-4-9-18(19)23(28)25-17-12-13-17)15-24-22(20-11-6-14-29-20)16-7-2-1-3-8-16/h1-11,14,17,22,24H,12-13,15H2,(H,25,28)(H,26,27). The van der Waals surface area contributed by atoms with E-state index in [4.69, 9.17) is 0 Å². The molecular weight excluding hydrogens is 382 g/mol. The van der Waals surface area contributed by atoms with E-state index in [2.05, 4.69) is 22.0 Å². The van der Waals surface area contributed by atoms with Gasteiger partial charge in [-0.2, -0.15) is 0 Å². The van der Waals surface area contributed by atoms with Gasteiger partial charge in [0.2, 0.25) is 5.91 Å². The van der Waals surface area contributed by atoms with E-state index in [9.17, 15) is 9.59 Å². The number of carbonyl (C=O) groups is 2. The fraction of sp³-hybridized carbons (Fsp3) is 0.217. The number of hydrogen-bond acceptors (Lipinski definition) is 4. The Morgan fingerprint density at radius 3 is 2.45 bits per heavy atom. The summed E-state index contributed by atoms with van der Waals surface area (Å²) in [6, 6.07) is 21.4. The van der Waals surface area contributed by atoms with E-state index in [0.29, 0.717) is 11.3 Å². The maximum Gasteiger partial charge on any atom is 0.253 e. The third kappa shape index (κ3) is 5.10. The van der Waals surface area contributed by atoms with Gasteiger partial charge >= 0.3 is 0 Å². The van der Waals surface area contributed by atoms with Gasteiger partial charge < -0.3 is 10.6 Å². The number of thiophene rings is 1. The van der Waals surface area contributed by atoms with Gasteiger partial charge in [0.15, 0.2) is 0 Å². The minimum Gasteiger partial charge on any atom is -0.349 e. The van der Waals surface area contributed by atoms with E-state index in [0.717, 1.165) is 23.3 Å². The third-order valence-corrected chi connectivity index (χ3v) is 5.72. The van der Waals surface area contributed by atoms with Gasteiger partial charge in [-0.25, -0.2) is 0 Å². The van der Waals surface area contributed by atoms with Crippen LogP contribution < -0.4 is 16.0 Å². The van der Waals surface area contributed by atoms with Crippen LogP contribution in [-0.2, 0) is 4.79 Å². The minimum atomic E-state index is -0.186. The average Bonchev–Trinajstić information content (AvgIpc) is 3.39. The Kier molecular flexibility index (Phi) is 6.03. The third-order valence-electron chi connectivity index (χ3n) is 4.79. The lowest BCUT2D eigenvalue weighted by Gasteiger charge is -2.18. The van der Waals surface area contributed by atoms with Crippen molar-refractivity contribution >= 4 is 28.8 Å². The second kappa shape index (κ2) is 9.03. The Morgan fingerprint density at radius 2 is 1.72 bits per heavy atom. The fourth-order valence-corrected chi connectivity index (χ4v) is 3.98. The van der Waals surface area contributed by atoms with Crippen LogP contribution in [0.3, 0.4) is 0 Å². The van der Waals surface area contributed by atoms with Crippen LogP contribution in [0.15, 0.2) is 72.1 Å². The SMILES string of the molecule is O=C(CNC(c1ccccc1)c1cccs1)Nc1ccccc1C(=O)NC1CC1. The molecule has 0 radical (unpaired) electrons. The second-order valence-electron chi connectivity index (χ2n) is 7.08. The van der Waals surface area contributed by atoms with Crippen LogP contribution in [0.1, 0.15) is 39.7 Å². The Labute approximate surface area is 174 Å². The molecule has 6 heteroatoms. The topological polar surface area (TPSA) is 70.2 Å². The summed E-state index contributed by atoms with van der Waals surface area (Å²) >= 11 is 1.65. The Bertz CT molecular complexity index is 969. The predicted molar refractivity (Wildman–Crippen MR) is 116 cm³/mol. The quantitative estimate of drug-likeness (QED) is 0.531. The van der Waals surface area contributed by atoms with Crippen molar-refractivity contribution in [1.82, 2.24) is 10.6 Å². The Hall–Kier alpha value is -2.96. The van der Waals surface area contributed by atoms with Gasteiger partial charge in [0.1, 0.15) is 0 Å². The number of anilines is 1. The van der Waals surface area contributed by atoms with Gasteiger partial charge in [0, 0.05) is 10.9 Å². The Balaban J connectivity index is 1.42. The summed E-state index contributed by atoms with van der Waals surface area (Å²) in [7, 11) is 0.